The highest BCUT2D eigenvalue weighted by Crippen LogP contribution is 2.31. The molecule has 17 heavy (non-hydrogen) atoms. The molecule has 0 spiro atoms. The van der Waals surface area contributed by atoms with E-state index >= 15 is 0 Å². The lowest BCUT2D eigenvalue weighted by Gasteiger charge is -2.20. The largest absolute Gasteiger partial charge is 0.508 e. The van der Waals surface area contributed by atoms with Crippen LogP contribution in [0.25, 0.3) is 0 Å². The average Bonchev–Trinajstić information content (AvgIpc) is 2.28. The third-order valence-corrected chi connectivity index (χ3v) is 2.47. The Bertz CT molecular complexity index is 392. The number of rotatable bonds is 5. The Labute approximate surface area is 99.9 Å². The Hall–Kier alpha value is -1.91. The number of unbranched alkanes of at least 4 members (excludes halogenated alkanes) is 2. The van der Waals surface area contributed by atoms with Crippen LogP contribution in [-0.4, -0.2) is 28.0 Å². The van der Waals surface area contributed by atoms with Crippen molar-refractivity contribution in [1.82, 2.24) is 0 Å². The maximum Gasteiger partial charge on any atom is 0.411 e. The maximum atomic E-state index is 11.1. The molecule has 0 aliphatic rings. The molecule has 0 fully saturated rings. The van der Waals surface area contributed by atoms with E-state index in [1.54, 1.807) is 0 Å². The van der Waals surface area contributed by atoms with Crippen LogP contribution in [0.4, 0.5) is 10.5 Å². The fraction of sp³-hybridized carbons (Fsp3) is 0.417. The van der Waals surface area contributed by atoms with E-state index in [1.165, 1.54) is 18.2 Å². The molecule has 0 unspecified atom stereocenters. The van der Waals surface area contributed by atoms with Gasteiger partial charge in [0.05, 0.1) is 5.69 Å². The Kier molecular flexibility index (Phi) is 4.63. The normalized spacial score (nSPS) is 10.2. The van der Waals surface area contributed by atoms with Gasteiger partial charge in [-0.2, -0.15) is 0 Å². The van der Waals surface area contributed by atoms with E-state index in [0.717, 1.165) is 24.2 Å². The molecule has 1 amide bonds. The minimum absolute atomic E-state index is 0.0699. The number of hydrogen-bond donors (Lipinski definition) is 3. The van der Waals surface area contributed by atoms with Gasteiger partial charge in [-0.05, 0) is 18.6 Å². The highest BCUT2D eigenvalue weighted by molar-refractivity contribution is 5.88. The summed E-state index contributed by atoms with van der Waals surface area (Å²) >= 11 is 0. The Morgan fingerprint density at radius 2 is 2.00 bits per heavy atom. The number of anilines is 1. The van der Waals surface area contributed by atoms with Gasteiger partial charge >= 0.3 is 6.09 Å². The Morgan fingerprint density at radius 3 is 2.59 bits per heavy atom. The molecule has 0 saturated heterocycles. The number of carbonyl (C=O) groups is 1. The van der Waals surface area contributed by atoms with Crippen molar-refractivity contribution >= 4 is 11.8 Å². The number of aromatic hydroxyl groups is 2. The van der Waals surface area contributed by atoms with Crippen molar-refractivity contribution in [3.8, 4) is 11.5 Å². The monoisotopic (exact) mass is 239 g/mol. The molecule has 0 aromatic heterocycles. The molecule has 1 aromatic rings. The number of hydrogen-bond acceptors (Lipinski definition) is 3. The van der Waals surface area contributed by atoms with Gasteiger partial charge in [0, 0.05) is 12.6 Å². The predicted molar refractivity (Wildman–Crippen MR) is 64.7 cm³/mol. The number of carboxylic acid groups (broad SMARTS) is 1. The van der Waals surface area contributed by atoms with Gasteiger partial charge < -0.3 is 15.3 Å². The van der Waals surface area contributed by atoms with E-state index in [9.17, 15) is 15.0 Å². The third-order valence-electron chi connectivity index (χ3n) is 2.47. The molecule has 5 heteroatoms. The van der Waals surface area contributed by atoms with Gasteiger partial charge in [-0.1, -0.05) is 19.8 Å². The van der Waals surface area contributed by atoms with Crippen LogP contribution in [0.1, 0.15) is 26.2 Å². The summed E-state index contributed by atoms with van der Waals surface area (Å²) in [4.78, 5) is 12.1. The number of phenolic OH excluding ortho intramolecular Hbond substituents is 2. The second kappa shape index (κ2) is 5.98. The summed E-state index contributed by atoms with van der Waals surface area (Å²) in [6.07, 6.45) is 1.49. The molecule has 94 valence electrons. The molecular formula is C12H17NO4. The van der Waals surface area contributed by atoms with Crippen molar-refractivity contribution in [2.24, 2.45) is 0 Å². The van der Waals surface area contributed by atoms with Crippen LogP contribution in [0.3, 0.4) is 0 Å². The van der Waals surface area contributed by atoms with Crippen molar-refractivity contribution in [2.75, 3.05) is 11.4 Å². The van der Waals surface area contributed by atoms with Gasteiger partial charge in [0.1, 0.15) is 11.5 Å². The fourth-order valence-corrected chi connectivity index (χ4v) is 1.57. The minimum Gasteiger partial charge on any atom is -0.508 e. The van der Waals surface area contributed by atoms with Crippen LogP contribution >= 0.6 is 0 Å². The topological polar surface area (TPSA) is 81.0 Å². The summed E-state index contributed by atoms with van der Waals surface area (Å²) in [5.74, 6) is -0.221. The highest BCUT2D eigenvalue weighted by Gasteiger charge is 2.17. The SMILES string of the molecule is CCCCCN(C(=O)O)c1cc(O)ccc1O. The zero-order valence-corrected chi connectivity index (χ0v) is 9.76. The lowest BCUT2D eigenvalue weighted by molar-refractivity contribution is 0.201. The van der Waals surface area contributed by atoms with Crippen LogP contribution < -0.4 is 4.90 Å². The number of amides is 1. The van der Waals surface area contributed by atoms with Gasteiger partial charge in [-0.3, -0.25) is 4.90 Å². The van der Waals surface area contributed by atoms with Gasteiger partial charge in [-0.15, -0.1) is 0 Å². The van der Waals surface area contributed by atoms with Crippen molar-refractivity contribution in [2.45, 2.75) is 26.2 Å². The van der Waals surface area contributed by atoms with E-state index in [1.807, 2.05) is 6.92 Å². The molecule has 0 heterocycles. The molecule has 0 radical (unpaired) electrons. The molecular weight excluding hydrogens is 222 g/mol. The van der Waals surface area contributed by atoms with Gasteiger partial charge in [0.2, 0.25) is 0 Å². The molecule has 5 nitrogen and oxygen atoms in total. The first-order valence-corrected chi connectivity index (χ1v) is 5.58. The van der Waals surface area contributed by atoms with Gasteiger partial charge in [0.15, 0.2) is 0 Å². The van der Waals surface area contributed by atoms with E-state index in [2.05, 4.69) is 0 Å². The quantitative estimate of drug-likeness (QED) is 0.545. The summed E-state index contributed by atoms with van der Waals surface area (Å²) < 4.78 is 0. The van der Waals surface area contributed by atoms with Gasteiger partial charge in [0.25, 0.3) is 0 Å². The third kappa shape index (κ3) is 3.55. The smallest absolute Gasteiger partial charge is 0.411 e. The first kappa shape index (κ1) is 13.2. The van der Waals surface area contributed by atoms with Crippen LogP contribution in [0, 0.1) is 0 Å². The van der Waals surface area contributed by atoms with E-state index in [-0.39, 0.29) is 17.2 Å². The van der Waals surface area contributed by atoms with Crippen molar-refractivity contribution in [3.63, 3.8) is 0 Å². The molecule has 0 saturated carbocycles. The second-order valence-corrected chi connectivity index (χ2v) is 3.81. The molecule has 0 aliphatic carbocycles. The zero-order chi connectivity index (χ0) is 12.8. The van der Waals surface area contributed by atoms with Crippen LogP contribution in [0.5, 0.6) is 11.5 Å². The number of nitrogens with zero attached hydrogens (tertiary/aromatic N) is 1. The molecule has 0 aliphatic heterocycles. The molecule has 3 N–H and O–H groups in total. The molecule has 0 atom stereocenters. The Balaban J connectivity index is 2.89. The Morgan fingerprint density at radius 1 is 1.29 bits per heavy atom. The fourth-order valence-electron chi connectivity index (χ4n) is 1.57. The molecule has 1 aromatic carbocycles. The first-order valence-electron chi connectivity index (χ1n) is 5.58. The van der Waals surface area contributed by atoms with Crippen LogP contribution in [-0.2, 0) is 0 Å². The van der Waals surface area contributed by atoms with Crippen molar-refractivity contribution in [1.29, 1.82) is 0 Å². The predicted octanol–water partition coefficient (Wildman–Crippen LogP) is 2.77. The van der Waals surface area contributed by atoms with E-state index in [0.29, 0.717) is 6.54 Å². The molecule has 0 bridgehead atoms. The lowest BCUT2D eigenvalue weighted by Crippen LogP contribution is -2.30. The number of benzene rings is 1. The van der Waals surface area contributed by atoms with Crippen LogP contribution in [0.2, 0.25) is 0 Å². The number of phenols is 2. The highest BCUT2D eigenvalue weighted by atomic mass is 16.4. The second-order valence-electron chi connectivity index (χ2n) is 3.81. The maximum absolute atomic E-state index is 11.1. The van der Waals surface area contributed by atoms with Crippen molar-refractivity contribution in [3.05, 3.63) is 18.2 Å². The summed E-state index contributed by atoms with van der Waals surface area (Å²) in [6, 6.07) is 3.83. The van der Waals surface area contributed by atoms with Crippen molar-refractivity contribution < 1.29 is 20.1 Å². The van der Waals surface area contributed by atoms with E-state index in [4.69, 9.17) is 5.11 Å². The van der Waals surface area contributed by atoms with Crippen LogP contribution in [0.15, 0.2) is 18.2 Å². The summed E-state index contributed by atoms with van der Waals surface area (Å²) in [6.45, 7) is 2.33. The standard InChI is InChI=1S/C12H17NO4/c1-2-3-4-7-13(12(16)17)10-8-9(14)5-6-11(10)15/h5-6,8,14-15H,2-4,7H2,1H3,(H,16,17). The average molecular weight is 239 g/mol. The minimum atomic E-state index is -1.14. The molecule has 1 rings (SSSR count). The summed E-state index contributed by atoms with van der Waals surface area (Å²) in [5, 5.41) is 28.0. The van der Waals surface area contributed by atoms with Gasteiger partial charge in [-0.25, -0.2) is 4.79 Å². The zero-order valence-electron chi connectivity index (χ0n) is 9.76. The summed E-state index contributed by atoms with van der Waals surface area (Å²) in [7, 11) is 0. The summed E-state index contributed by atoms with van der Waals surface area (Å²) in [5.41, 5.74) is 0.119. The van der Waals surface area contributed by atoms with E-state index < -0.39 is 6.09 Å². The first-order chi connectivity index (χ1) is 8.06. The lowest BCUT2D eigenvalue weighted by atomic mass is 10.2.